The molecule has 1 aliphatic carbocycles. The summed E-state index contributed by atoms with van der Waals surface area (Å²) < 4.78 is 25.0. The zero-order valence-corrected chi connectivity index (χ0v) is 12.7. The van der Waals surface area contributed by atoms with Crippen LogP contribution in [0.25, 0.3) is 0 Å². The average Bonchev–Trinajstić information content (AvgIpc) is 3.03. The van der Waals surface area contributed by atoms with E-state index in [2.05, 4.69) is 10.5 Å². The monoisotopic (exact) mass is 319 g/mol. The Kier molecular flexibility index (Phi) is 4.78. The van der Waals surface area contributed by atoms with Gasteiger partial charge in [0.05, 0.1) is 15.8 Å². The summed E-state index contributed by atoms with van der Waals surface area (Å²) in [6, 6.07) is 7.96. The molecule has 0 aliphatic heterocycles. The van der Waals surface area contributed by atoms with Crippen LogP contribution in [0, 0.1) is 16.7 Å². The number of hydrogen-bond donors (Lipinski definition) is 3. The third-order valence-electron chi connectivity index (χ3n) is 3.56. The zero-order valence-electron chi connectivity index (χ0n) is 11.9. The lowest BCUT2D eigenvalue weighted by Crippen LogP contribution is -2.22. The predicted octanol–water partition coefficient (Wildman–Crippen LogP) is 1.63. The normalized spacial score (nSPS) is 16.2. The minimum Gasteiger partial charge on any atom is -0.382 e. The van der Waals surface area contributed by atoms with E-state index in [-0.39, 0.29) is 15.9 Å². The molecule has 1 aliphatic rings. The molecule has 2 rings (SSSR count). The zero-order chi connectivity index (χ0) is 16.2. The van der Waals surface area contributed by atoms with Gasteiger partial charge in [0.2, 0.25) is 5.71 Å². The Hall–Kier alpha value is -2.40. The van der Waals surface area contributed by atoms with E-state index in [0.717, 1.165) is 12.8 Å². The van der Waals surface area contributed by atoms with Crippen molar-refractivity contribution in [2.75, 3.05) is 5.43 Å². The minimum atomic E-state index is -3.34. The summed E-state index contributed by atoms with van der Waals surface area (Å²) in [5, 5.41) is 19.3. The largest absolute Gasteiger partial charge is 0.382 e. The SMILES string of the molecule is N#C/C(=N\Nc1cccc(S(=O)(=O)C2CCCC2)c1)C(=N)N. The smallest absolute Gasteiger partial charge is 0.201 e. The number of amidine groups is 1. The second-order valence-electron chi connectivity index (χ2n) is 5.08. The lowest BCUT2D eigenvalue weighted by Gasteiger charge is -2.12. The van der Waals surface area contributed by atoms with Crippen LogP contribution in [0.5, 0.6) is 0 Å². The molecule has 0 saturated heterocycles. The van der Waals surface area contributed by atoms with Gasteiger partial charge >= 0.3 is 0 Å². The van der Waals surface area contributed by atoms with Crippen molar-refractivity contribution in [2.24, 2.45) is 10.8 Å². The molecule has 0 amide bonds. The van der Waals surface area contributed by atoms with Crippen LogP contribution >= 0.6 is 0 Å². The van der Waals surface area contributed by atoms with Crippen LogP contribution < -0.4 is 11.2 Å². The number of nitrogens with two attached hydrogens (primary N) is 1. The van der Waals surface area contributed by atoms with Gasteiger partial charge in [-0.25, -0.2) is 8.42 Å². The minimum absolute atomic E-state index is 0.237. The number of anilines is 1. The molecule has 1 aromatic rings. The number of benzene rings is 1. The van der Waals surface area contributed by atoms with Gasteiger partial charge in [-0.3, -0.25) is 10.8 Å². The Labute approximate surface area is 129 Å². The van der Waals surface area contributed by atoms with E-state index in [4.69, 9.17) is 16.4 Å². The Bertz CT molecular complexity index is 743. The lowest BCUT2D eigenvalue weighted by atomic mass is 10.3. The lowest BCUT2D eigenvalue weighted by molar-refractivity contribution is 0.579. The standard InChI is InChI=1S/C14H17N5O2S/c15-9-13(14(16)17)19-18-10-4-3-7-12(8-10)22(20,21)11-5-1-2-6-11/h3-4,7-8,11,18H,1-2,5-6H2,(H3,16,17)/b19-13+. The second-order valence-corrected chi connectivity index (χ2v) is 7.31. The molecule has 0 atom stereocenters. The highest BCUT2D eigenvalue weighted by Gasteiger charge is 2.30. The fourth-order valence-corrected chi connectivity index (χ4v) is 4.30. The molecule has 22 heavy (non-hydrogen) atoms. The molecule has 1 aromatic carbocycles. The summed E-state index contributed by atoms with van der Waals surface area (Å²) in [5.41, 5.74) is 7.91. The predicted molar refractivity (Wildman–Crippen MR) is 84.5 cm³/mol. The Morgan fingerprint density at radius 3 is 2.68 bits per heavy atom. The number of hydrogen-bond acceptors (Lipinski definition) is 6. The van der Waals surface area contributed by atoms with Crippen molar-refractivity contribution in [1.82, 2.24) is 0 Å². The molecule has 0 aromatic heterocycles. The molecule has 8 heteroatoms. The van der Waals surface area contributed by atoms with E-state index in [9.17, 15) is 8.42 Å². The second kappa shape index (κ2) is 6.58. The van der Waals surface area contributed by atoms with Crippen LogP contribution in [0.2, 0.25) is 0 Å². The van der Waals surface area contributed by atoms with E-state index in [1.54, 1.807) is 24.3 Å². The molecule has 7 nitrogen and oxygen atoms in total. The third kappa shape index (κ3) is 3.43. The van der Waals surface area contributed by atoms with E-state index >= 15 is 0 Å². The van der Waals surface area contributed by atoms with Crippen LogP contribution in [-0.2, 0) is 9.84 Å². The molecular weight excluding hydrogens is 302 g/mol. The molecule has 0 unspecified atom stereocenters. The number of nitrogens with zero attached hydrogens (tertiary/aromatic N) is 2. The first-order chi connectivity index (χ1) is 10.4. The Morgan fingerprint density at radius 2 is 2.09 bits per heavy atom. The quantitative estimate of drug-likeness (QED) is 0.431. The number of sulfone groups is 1. The first-order valence-corrected chi connectivity index (χ1v) is 8.42. The van der Waals surface area contributed by atoms with Crippen molar-refractivity contribution in [2.45, 2.75) is 35.8 Å². The third-order valence-corrected chi connectivity index (χ3v) is 5.82. The number of hydrazone groups is 1. The van der Waals surface area contributed by atoms with Crippen molar-refractivity contribution in [1.29, 1.82) is 10.7 Å². The van der Waals surface area contributed by atoms with Gasteiger partial charge in [0.25, 0.3) is 0 Å². The molecule has 0 radical (unpaired) electrons. The molecule has 1 fully saturated rings. The first kappa shape index (κ1) is 16.0. The average molecular weight is 319 g/mol. The summed E-state index contributed by atoms with van der Waals surface area (Å²) in [7, 11) is -3.34. The Morgan fingerprint density at radius 1 is 1.41 bits per heavy atom. The van der Waals surface area contributed by atoms with Gasteiger partial charge in [0.15, 0.2) is 15.7 Å². The molecule has 1 saturated carbocycles. The van der Waals surface area contributed by atoms with Crippen LogP contribution in [0.15, 0.2) is 34.3 Å². The maximum atomic E-state index is 12.5. The molecule has 116 valence electrons. The van der Waals surface area contributed by atoms with Gasteiger partial charge in [-0.1, -0.05) is 18.9 Å². The first-order valence-electron chi connectivity index (χ1n) is 6.87. The highest BCUT2D eigenvalue weighted by molar-refractivity contribution is 7.92. The summed E-state index contributed by atoms with van der Waals surface area (Å²) >= 11 is 0. The van der Waals surface area contributed by atoms with Crippen LogP contribution in [0.3, 0.4) is 0 Å². The summed E-state index contributed by atoms with van der Waals surface area (Å²) in [4.78, 5) is 0.237. The maximum Gasteiger partial charge on any atom is 0.201 e. The van der Waals surface area contributed by atoms with Gasteiger partial charge in [0.1, 0.15) is 6.07 Å². The van der Waals surface area contributed by atoms with Gasteiger partial charge in [-0.15, -0.1) is 0 Å². The summed E-state index contributed by atoms with van der Waals surface area (Å²) in [6.45, 7) is 0. The summed E-state index contributed by atoms with van der Waals surface area (Å²) in [6.07, 6.45) is 3.27. The highest BCUT2D eigenvalue weighted by Crippen LogP contribution is 2.30. The molecular formula is C14H17N5O2S. The van der Waals surface area contributed by atoms with Crippen molar-refractivity contribution in [3.8, 4) is 6.07 Å². The van der Waals surface area contributed by atoms with E-state index in [1.807, 2.05) is 0 Å². The van der Waals surface area contributed by atoms with E-state index < -0.39 is 15.7 Å². The molecule has 4 N–H and O–H groups in total. The number of nitriles is 1. The van der Waals surface area contributed by atoms with Gasteiger partial charge in [0, 0.05) is 0 Å². The fraction of sp³-hybridized carbons (Fsp3) is 0.357. The highest BCUT2D eigenvalue weighted by atomic mass is 32.2. The van der Waals surface area contributed by atoms with Crippen molar-refractivity contribution < 1.29 is 8.42 Å². The molecule has 0 heterocycles. The van der Waals surface area contributed by atoms with E-state index in [0.29, 0.717) is 18.5 Å². The van der Waals surface area contributed by atoms with Crippen molar-refractivity contribution >= 4 is 27.1 Å². The van der Waals surface area contributed by atoms with Crippen molar-refractivity contribution in [3.63, 3.8) is 0 Å². The van der Waals surface area contributed by atoms with Gasteiger partial charge in [-0.05, 0) is 31.0 Å². The fourth-order valence-electron chi connectivity index (χ4n) is 2.40. The molecule has 0 bridgehead atoms. The van der Waals surface area contributed by atoms with Gasteiger partial charge < -0.3 is 5.73 Å². The van der Waals surface area contributed by atoms with Crippen molar-refractivity contribution in [3.05, 3.63) is 24.3 Å². The van der Waals surface area contributed by atoms with E-state index in [1.165, 1.54) is 6.07 Å². The van der Waals surface area contributed by atoms with Crippen LogP contribution in [-0.4, -0.2) is 25.2 Å². The maximum absolute atomic E-state index is 12.5. The van der Waals surface area contributed by atoms with Crippen LogP contribution in [0.1, 0.15) is 25.7 Å². The number of nitrogens with one attached hydrogen (secondary N) is 2. The number of rotatable bonds is 5. The molecule has 0 spiro atoms. The summed E-state index contributed by atoms with van der Waals surface area (Å²) in [5.74, 6) is -0.454. The Balaban J connectivity index is 2.24. The topological polar surface area (TPSA) is 132 Å². The van der Waals surface area contributed by atoms with Gasteiger partial charge in [-0.2, -0.15) is 10.4 Å². The van der Waals surface area contributed by atoms with Crippen LogP contribution in [0.4, 0.5) is 5.69 Å².